The number of nitrogens with zero attached hydrogens (tertiary/aromatic N) is 2. The van der Waals surface area contributed by atoms with Crippen molar-refractivity contribution in [1.82, 2.24) is 9.78 Å². The number of rotatable bonds is 5. The zero-order chi connectivity index (χ0) is 19.5. The van der Waals surface area contributed by atoms with Crippen molar-refractivity contribution in [3.05, 3.63) is 42.1 Å². The predicted molar refractivity (Wildman–Crippen MR) is 85.6 cm³/mol. The molecular formula is C16H14F3N3O4. The van der Waals surface area contributed by atoms with E-state index in [0.29, 0.717) is 17.9 Å². The van der Waals surface area contributed by atoms with Crippen molar-refractivity contribution >= 4 is 17.7 Å². The smallest absolute Gasteiger partial charge is 0.435 e. The van der Waals surface area contributed by atoms with E-state index in [9.17, 15) is 22.8 Å². The zero-order valence-electron chi connectivity index (χ0n) is 13.7. The maximum absolute atomic E-state index is 13.4. The fourth-order valence-electron chi connectivity index (χ4n) is 2.20. The van der Waals surface area contributed by atoms with Crippen LogP contribution >= 0.6 is 0 Å². The standard InChI is InChI=1S/C16H14F3N3O4/c1-22-15(20-11(23)7-8-12(24)25)13(14(21-22)16(17,18)19)9-3-5-10(26-2)6-4-9/h3-8H,1-2H3,(H,20,23)(H,24,25). The molecule has 2 N–H and O–H groups in total. The minimum absolute atomic E-state index is 0.156. The van der Waals surface area contributed by atoms with E-state index in [4.69, 9.17) is 9.84 Å². The molecule has 0 aliphatic heterocycles. The van der Waals surface area contributed by atoms with Crippen LogP contribution in [0.1, 0.15) is 5.69 Å². The Kier molecular flexibility index (Phi) is 5.34. The average Bonchev–Trinajstić information content (AvgIpc) is 2.90. The molecule has 0 unspecified atom stereocenters. The molecule has 2 aromatic rings. The number of amides is 1. The van der Waals surface area contributed by atoms with E-state index in [1.807, 2.05) is 0 Å². The molecule has 0 spiro atoms. The van der Waals surface area contributed by atoms with Gasteiger partial charge < -0.3 is 15.2 Å². The quantitative estimate of drug-likeness (QED) is 0.791. The molecule has 0 saturated heterocycles. The lowest BCUT2D eigenvalue weighted by atomic mass is 10.0. The summed E-state index contributed by atoms with van der Waals surface area (Å²) >= 11 is 0. The molecule has 0 atom stereocenters. The molecule has 0 bridgehead atoms. The molecular weight excluding hydrogens is 355 g/mol. The number of alkyl halides is 3. The number of benzene rings is 1. The Morgan fingerprint density at radius 1 is 1.23 bits per heavy atom. The van der Waals surface area contributed by atoms with Crippen LogP contribution in [0.3, 0.4) is 0 Å². The normalized spacial score (nSPS) is 11.6. The number of aromatic nitrogens is 2. The summed E-state index contributed by atoms with van der Waals surface area (Å²) in [6.07, 6.45) is -3.49. The van der Waals surface area contributed by atoms with Gasteiger partial charge in [-0.3, -0.25) is 9.48 Å². The maximum Gasteiger partial charge on any atom is 0.435 e. The Bertz CT molecular complexity index is 855. The first-order valence-electron chi connectivity index (χ1n) is 7.14. The van der Waals surface area contributed by atoms with Gasteiger partial charge in [-0.15, -0.1) is 0 Å². The van der Waals surface area contributed by atoms with Crippen molar-refractivity contribution in [3.8, 4) is 16.9 Å². The van der Waals surface area contributed by atoms with Gasteiger partial charge in [-0.1, -0.05) is 12.1 Å². The lowest BCUT2D eigenvalue weighted by Crippen LogP contribution is -2.12. The van der Waals surface area contributed by atoms with E-state index in [1.54, 1.807) is 0 Å². The number of aliphatic carboxylic acids is 1. The topological polar surface area (TPSA) is 93.5 Å². The molecule has 0 radical (unpaired) electrons. The third kappa shape index (κ3) is 4.21. The van der Waals surface area contributed by atoms with Crippen LogP contribution in [-0.4, -0.2) is 33.9 Å². The van der Waals surface area contributed by atoms with Crippen LogP contribution in [0.25, 0.3) is 11.1 Å². The van der Waals surface area contributed by atoms with E-state index in [-0.39, 0.29) is 16.9 Å². The highest BCUT2D eigenvalue weighted by molar-refractivity contribution is 6.04. The van der Waals surface area contributed by atoms with E-state index in [1.165, 1.54) is 38.4 Å². The van der Waals surface area contributed by atoms with Crippen molar-refractivity contribution in [3.63, 3.8) is 0 Å². The van der Waals surface area contributed by atoms with Crippen molar-refractivity contribution in [2.45, 2.75) is 6.18 Å². The summed E-state index contributed by atoms with van der Waals surface area (Å²) < 4.78 is 45.9. The summed E-state index contributed by atoms with van der Waals surface area (Å²) in [6, 6.07) is 5.73. The molecule has 1 aromatic carbocycles. The van der Waals surface area contributed by atoms with Gasteiger partial charge in [0.1, 0.15) is 11.6 Å². The Balaban J connectivity index is 2.55. The van der Waals surface area contributed by atoms with Crippen LogP contribution in [0.2, 0.25) is 0 Å². The molecule has 1 aromatic heterocycles. The summed E-state index contributed by atoms with van der Waals surface area (Å²) in [6.45, 7) is 0. The minimum atomic E-state index is -4.76. The van der Waals surface area contributed by atoms with Gasteiger partial charge in [-0.25, -0.2) is 4.79 Å². The maximum atomic E-state index is 13.4. The third-order valence-electron chi connectivity index (χ3n) is 3.31. The van der Waals surface area contributed by atoms with Crippen LogP contribution in [0.4, 0.5) is 19.0 Å². The van der Waals surface area contributed by atoms with Crippen LogP contribution in [0.5, 0.6) is 5.75 Å². The SMILES string of the molecule is COc1ccc(-c2c(C(F)(F)F)nn(C)c2NC(=O)C=CC(=O)O)cc1. The lowest BCUT2D eigenvalue weighted by Gasteiger charge is -2.10. The summed E-state index contributed by atoms with van der Waals surface area (Å²) in [7, 11) is 2.65. The number of halogens is 3. The lowest BCUT2D eigenvalue weighted by molar-refractivity contribution is -0.141. The average molecular weight is 369 g/mol. The van der Waals surface area contributed by atoms with Gasteiger partial charge in [-0.05, 0) is 17.7 Å². The molecule has 26 heavy (non-hydrogen) atoms. The number of nitrogens with one attached hydrogen (secondary N) is 1. The summed E-state index contributed by atoms with van der Waals surface area (Å²) in [5.41, 5.74) is -1.36. The van der Waals surface area contributed by atoms with Gasteiger partial charge in [0.15, 0.2) is 5.69 Å². The van der Waals surface area contributed by atoms with Crippen LogP contribution in [0, 0.1) is 0 Å². The molecule has 1 heterocycles. The number of anilines is 1. The molecule has 138 valence electrons. The molecule has 7 nitrogen and oxygen atoms in total. The van der Waals surface area contributed by atoms with Gasteiger partial charge in [0.05, 0.1) is 12.7 Å². The Morgan fingerprint density at radius 3 is 2.35 bits per heavy atom. The number of carboxylic acids is 1. The number of carbonyl (C=O) groups excluding carboxylic acids is 1. The monoisotopic (exact) mass is 369 g/mol. The highest BCUT2D eigenvalue weighted by Gasteiger charge is 2.39. The Morgan fingerprint density at radius 2 is 1.85 bits per heavy atom. The first-order chi connectivity index (χ1) is 12.1. The largest absolute Gasteiger partial charge is 0.497 e. The van der Waals surface area contributed by atoms with E-state index >= 15 is 0 Å². The van der Waals surface area contributed by atoms with Crippen molar-refractivity contribution in [2.24, 2.45) is 7.05 Å². The summed E-state index contributed by atoms with van der Waals surface area (Å²) in [5.74, 6) is -2.04. The molecule has 0 aliphatic rings. The number of carbonyl (C=O) groups is 2. The molecule has 0 saturated carbocycles. The Hall–Kier alpha value is -3.30. The highest BCUT2D eigenvalue weighted by Crippen LogP contribution is 2.41. The zero-order valence-corrected chi connectivity index (χ0v) is 13.7. The second-order valence-electron chi connectivity index (χ2n) is 5.08. The Labute approximate surface area is 145 Å². The third-order valence-corrected chi connectivity index (χ3v) is 3.31. The van der Waals surface area contributed by atoms with Gasteiger partial charge >= 0.3 is 12.1 Å². The summed E-state index contributed by atoms with van der Waals surface area (Å²) in [5, 5.41) is 14.2. The van der Waals surface area contributed by atoms with Crippen LogP contribution in [-0.2, 0) is 22.8 Å². The van der Waals surface area contributed by atoms with Crippen LogP contribution < -0.4 is 10.1 Å². The van der Waals surface area contributed by atoms with E-state index < -0.39 is 23.7 Å². The van der Waals surface area contributed by atoms with Crippen molar-refractivity contribution in [2.75, 3.05) is 12.4 Å². The highest BCUT2D eigenvalue weighted by atomic mass is 19.4. The van der Waals surface area contributed by atoms with E-state index in [2.05, 4.69) is 10.4 Å². The van der Waals surface area contributed by atoms with Gasteiger partial charge in [-0.2, -0.15) is 18.3 Å². The number of ether oxygens (including phenoxy) is 1. The van der Waals surface area contributed by atoms with Crippen molar-refractivity contribution < 1.29 is 32.6 Å². The number of aryl methyl sites for hydroxylation is 1. The predicted octanol–water partition coefficient (Wildman–Crippen LogP) is 2.69. The summed E-state index contributed by atoms with van der Waals surface area (Å²) in [4.78, 5) is 22.3. The molecule has 2 rings (SSSR count). The molecule has 10 heteroatoms. The minimum Gasteiger partial charge on any atom is -0.497 e. The number of hydrogen-bond acceptors (Lipinski definition) is 4. The molecule has 1 amide bonds. The fraction of sp³-hybridized carbons (Fsp3) is 0.188. The molecule has 0 aliphatic carbocycles. The number of carboxylic acid groups (broad SMARTS) is 1. The van der Waals surface area contributed by atoms with Gasteiger partial charge in [0.2, 0.25) is 5.91 Å². The van der Waals surface area contributed by atoms with Crippen LogP contribution in [0.15, 0.2) is 36.4 Å². The van der Waals surface area contributed by atoms with E-state index in [0.717, 1.165) is 4.68 Å². The number of hydrogen-bond donors (Lipinski definition) is 2. The van der Waals surface area contributed by atoms with Gasteiger partial charge in [0, 0.05) is 19.2 Å². The first kappa shape index (κ1) is 19.0. The van der Waals surface area contributed by atoms with Gasteiger partial charge in [0.25, 0.3) is 0 Å². The number of methoxy groups -OCH3 is 1. The second-order valence-corrected chi connectivity index (χ2v) is 5.08. The molecule has 0 fully saturated rings. The second kappa shape index (κ2) is 7.30. The first-order valence-corrected chi connectivity index (χ1v) is 7.14. The van der Waals surface area contributed by atoms with Crippen molar-refractivity contribution in [1.29, 1.82) is 0 Å². The fourth-order valence-corrected chi connectivity index (χ4v) is 2.20.